The summed E-state index contributed by atoms with van der Waals surface area (Å²) in [6.07, 6.45) is 1.58. The Morgan fingerprint density at radius 3 is 2.50 bits per heavy atom. The van der Waals surface area contributed by atoms with E-state index >= 15 is 0 Å². The lowest BCUT2D eigenvalue weighted by atomic mass is 9.95. The normalized spacial score (nSPS) is 16.4. The quantitative estimate of drug-likeness (QED) is 0.612. The van der Waals surface area contributed by atoms with Crippen LogP contribution in [0.25, 0.3) is 17.4 Å². The van der Waals surface area contributed by atoms with Crippen molar-refractivity contribution in [1.82, 2.24) is 4.90 Å². The molecule has 3 rings (SSSR count). The van der Waals surface area contributed by atoms with Gasteiger partial charge in [0, 0.05) is 18.2 Å². The average Bonchev–Trinajstić information content (AvgIpc) is 3.08. The Morgan fingerprint density at radius 2 is 1.81 bits per heavy atom. The lowest BCUT2D eigenvalue weighted by Crippen LogP contribution is -2.39. The van der Waals surface area contributed by atoms with Gasteiger partial charge in [-0.2, -0.15) is 5.26 Å². The molecule has 0 radical (unpaired) electrons. The predicted molar refractivity (Wildman–Crippen MR) is 97.7 cm³/mol. The number of benzene rings is 1. The lowest BCUT2D eigenvalue weighted by Gasteiger charge is -2.23. The van der Waals surface area contributed by atoms with Crippen molar-refractivity contribution < 1.29 is 14.0 Å². The molecule has 2 aromatic rings. The molecule has 0 saturated heterocycles. The number of rotatable bonds is 2. The smallest absolute Gasteiger partial charge is 0.271 e. The number of aryl methyl sites for hydroxylation is 1. The summed E-state index contributed by atoms with van der Waals surface area (Å²) >= 11 is 0. The Bertz CT molecular complexity index is 1030. The number of carbonyl (C=O) groups is 2. The minimum absolute atomic E-state index is 0.0281. The zero-order valence-corrected chi connectivity index (χ0v) is 15.1. The van der Waals surface area contributed by atoms with Gasteiger partial charge >= 0.3 is 0 Å². The molecule has 0 fully saturated rings. The van der Waals surface area contributed by atoms with E-state index in [9.17, 15) is 14.9 Å². The maximum Gasteiger partial charge on any atom is 0.271 e. The van der Waals surface area contributed by atoms with E-state index in [0.717, 1.165) is 16.0 Å². The summed E-state index contributed by atoms with van der Waals surface area (Å²) in [5.41, 5.74) is 3.90. The van der Waals surface area contributed by atoms with Crippen LogP contribution >= 0.6 is 0 Å². The van der Waals surface area contributed by atoms with Crippen LogP contribution in [0, 0.1) is 25.2 Å². The maximum atomic E-state index is 12.4. The Hall–Kier alpha value is -3.39. The van der Waals surface area contributed by atoms with Crippen molar-refractivity contribution in [2.75, 3.05) is 7.05 Å². The van der Waals surface area contributed by atoms with E-state index in [1.54, 1.807) is 19.1 Å². The molecule has 2 heterocycles. The predicted octanol–water partition coefficient (Wildman–Crippen LogP) is 3.79. The summed E-state index contributed by atoms with van der Waals surface area (Å²) in [4.78, 5) is 25.4. The maximum absolute atomic E-state index is 12.4. The molecule has 1 aromatic carbocycles. The Balaban J connectivity index is 2.06. The fourth-order valence-corrected chi connectivity index (χ4v) is 2.93. The molecule has 0 spiro atoms. The summed E-state index contributed by atoms with van der Waals surface area (Å²) in [6.45, 7) is 5.67. The van der Waals surface area contributed by atoms with Crippen LogP contribution in [0.2, 0.25) is 0 Å². The molecular weight excluding hydrogens is 328 g/mol. The van der Waals surface area contributed by atoms with Crippen molar-refractivity contribution in [2.45, 2.75) is 20.8 Å². The third-order valence-electron chi connectivity index (χ3n) is 4.73. The van der Waals surface area contributed by atoms with E-state index in [4.69, 9.17) is 4.42 Å². The Labute approximate surface area is 151 Å². The molecule has 5 nitrogen and oxygen atoms in total. The van der Waals surface area contributed by atoms with Crippen molar-refractivity contribution in [3.63, 3.8) is 0 Å². The molecule has 5 heteroatoms. The van der Waals surface area contributed by atoms with Crippen LogP contribution in [-0.2, 0) is 9.59 Å². The van der Waals surface area contributed by atoms with Crippen LogP contribution < -0.4 is 0 Å². The van der Waals surface area contributed by atoms with Crippen molar-refractivity contribution in [3.8, 4) is 17.4 Å². The van der Waals surface area contributed by atoms with Gasteiger partial charge in [-0.05, 0) is 55.7 Å². The fraction of sp³-hybridized carbons (Fsp3) is 0.190. The van der Waals surface area contributed by atoms with Gasteiger partial charge < -0.3 is 4.42 Å². The molecule has 0 aliphatic carbocycles. The molecule has 130 valence electrons. The summed E-state index contributed by atoms with van der Waals surface area (Å²) in [7, 11) is 1.37. The number of likely N-dealkylation sites (N-methyl/N-ethyl adjacent to an activating group) is 1. The first-order valence-corrected chi connectivity index (χ1v) is 8.17. The van der Waals surface area contributed by atoms with Crippen molar-refractivity contribution in [2.24, 2.45) is 0 Å². The first kappa shape index (κ1) is 17.4. The average molecular weight is 346 g/mol. The molecule has 0 N–H and O–H groups in total. The molecule has 26 heavy (non-hydrogen) atoms. The molecule has 2 amide bonds. The molecule has 1 aliphatic heterocycles. The minimum Gasteiger partial charge on any atom is -0.457 e. The molecule has 1 aliphatic rings. The number of amides is 2. The second-order valence-corrected chi connectivity index (χ2v) is 6.29. The van der Waals surface area contributed by atoms with Crippen LogP contribution in [-0.4, -0.2) is 23.8 Å². The van der Waals surface area contributed by atoms with E-state index in [1.807, 2.05) is 44.2 Å². The van der Waals surface area contributed by atoms with Crippen LogP contribution in [0.15, 0.2) is 51.5 Å². The topological polar surface area (TPSA) is 74.3 Å². The monoisotopic (exact) mass is 346 g/mol. The van der Waals surface area contributed by atoms with Gasteiger partial charge in [-0.15, -0.1) is 0 Å². The zero-order valence-electron chi connectivity index (χ0n) is 15.1. The zero-order chi connectivity index (χ0) is 19.0. The summed E-state index contributed by atoms with van der Waals surface area (Å²) in [5, 5.41) is 9.21. The van der Waals surface area contributed by atoms with Crippen LogP contribution in [0.5, 0.6) is 0 Å². The van der Waals surface area contributed by atoms with Crippen LogP contribution in [0.1, 0.15) is 23.8 Å². The highest BCUT2D eigenvalue weighted by Crippen LogP contribution is 2.30. The highest BCUT2D eigenvalue weighted by Gasteiger charge is 2.33. The van der Waals surface area contributed by atoms with E-state index in [2.05, 4.69) is 0 Å². The number of furan rings is 1. The Kier molecular flexibility index (Phi) is 4.35. The van der Waals surface area contributed by atoms with Gasteiger partial charge in [-0.3, -0.25) is 14.5 Å². The Morgan fingerprint density at radius 1 is 1.08 bits per heavy atom. The molecule has 0 saturated carbocycles. The lowest BCUT2D eigenvalue weighted by molar-refractivity contribution is -0.138. The second kappa shape index (κ2) is 6.49. The van der Waals surface area contributed by atoms with Crippen molar-refractivity contribution >= 4 is 17.9 Å². The van der Waals surface area contributed by atoms with E-state index < -0.39 is 11.8 Å². The minimum atomic E-state index is -0.581. The van der Waals surface area contributed by atoms with Gasteiger partial charge in [-0.25, -0.2) is 0 Å². The summed E-state index contributed by atoms with van der Waals surface area (Å²) in [5.74, 6) is 0.162. The van der Waals surface area contributed by atoms with Gasteiger partial charge in [0.15, 0.2) is 0 Å². The van der Waals surface area contributed by atoms with Crippen molar-refractivity contribution in [1.29, 1.82) is 5.26 Å². The van der Waals surface area contributed by atoms with Crippen molar-refractivity contribution in [3.05, 3.63) is 63.9 Å². The number of nitriles is 1. The fourth-order valence-electron chi connectivity index (χ4n) is 2.93. The van der Waals surface area contributed by atoms with Crippen LogP contribution in [0.3, 0.4) is 0 Å². The van der Waals surface area contributed by atoms with E-state index in [0.29, 0.717) is 17.1 Å². The highest BCUT2D eigenvalue weighted by atomic mass is 16.3. The largest absolute Gasteiger partial charge is 0.457 e. The van der Waals surface area contributed by atoms with Gasteiger partial charge in [0.1, 0.15) is 23.2 Å². The number of imide groups is 1. The molecule has 0 unspecified atom stereocenters. The third-order valence-corrected chi connectivity index (χ3v) is 4.73. The van der Waals surface area contributed by atoms with Crippen LogP contribution in [0.4, 0.5) is 0 Å². The second-order valence-electron chi connectivity index (χ2n) is 6.29. The molecule has 0 atom stereocenters. The summed E-state index contributed by atoms with van der Waals surface area (Å²) in [6, 6.07) is 11.5. The van der Waals surface area contributed by atoms with Gasteiger partial charge in [-0.1, -0.05) is 18.2 Å². The molecule has 0 bridgehead atoms. The number of carbonyl (C=O) groups excluding carboxylic acids is 2. The van der Waals surface area contributed by atoms with E-state index in [1.165, 1.54) is 12.6 Å². The van der Waals surface area contributed by atoms with Gasteiger partial charge in [0.25, 0.3) is 11.8 Å². The first-order valence-electron chi connectivity index (χ1n) is 8.17. The third kappa shape index (κ3) is 2.76. The highest BCUT2D eigenvalue weighted by molar-refractivity contribution is 6.19. The first-order chi connectivity index (χ1) is 12.3. The van der Waals surface area contributed by atoms with Gasteiger partial charge in [0.05, 0.1) is 0 Å². The molecule has 1 aromatic heterocycles. The van der Waals surface area contributed by atoms with E-state index in [-0.39, 0.29) is 11.1 Å². The SMILES string of the molecule is CC1=C(C#N)C(=O)N(C)C(=O)/C1=C/c1ccc(-c2cccc(C)c2C)o1. The number of hydrogen-bond acceptors (Lipinski definition) is 4. The standard InChI is InChI=1S/C21H18N2O3/c1-12-6-5-7-16(13(12)2)19-9-8-15(26-19)10-17-14(3)18(11-22)21(25)23(4)20(17)24/h5-10H,1-4H3/b17-10+. The van der Waals surface area contributed by atoms with Gasteiger partial charge in [0.2, 0.25) is 0 Å². The summed E-state index contributed by atoms with van der Waals surface area (Å²) < 4.78 is 5.90. The number of nitrogens with zero attached hydrogens (tertiary/aromatic N) is 2. The number of hydrogen-bond donors (Lipinski definition) is 0. The molecular formula is C21H18N2O3.